The number of fused-ring (bicyclic) bond motifs is 1. The van der Waals surface area contributed by atoms with Crippen molar-refractivity contribution >= 4 is 5.91 Å². The Morgan fingerprint density at radius 2 is 1.97 bits per heavy atom. The second-order valence-corrected chi connectivity index (χ2v) is 12.4. The molecule has 2 saturated carbocycles. The van der Waals surface area contributed by atoms with E-state index in [1.807, 2.05) is 36.4 Å². The number of aromatic hydroxyl groups is 1. The van der Waals surface area contributed by atoms with Crippen LogP contribution in [0, 0.1) is 11.3 Å². The summed E-state index contributed by atoms with van der Waals surface area (Å²) in [6, 6.07) is 13.7. The number of amides is 1. The molecule has 2 heterocycles. The van der Waals surface area contributed by atoms with Crippen molar-refractivity contribution < 1.29 is 19.7 Å². The highest BCUT2D eigenvalue weighted by molar-refractivity contribution is 5.77. The number of rotatable bonds is 6. The fraction of sp³-hybridized carbons (Fsp3) is 0.516. The van der Waals surface area contributed by atoms with Gasteiger partial charge in [-0.25, -0.2) is 0 Å². The second kappa shape index (κ2) is 7.39. The van der Waals surface area contributed by atoms with E-state index in [-0.39, 0.29) is 22.5 Å². The molecule has 0 radical (unpaired) electrons. The number of aliphatic hydroxyl groups is 1. The largest absolute Gasteiger partial charge is 0.504 e. The Balaban J connectivity index is 1.18. The SMILES string of the molecule is O=C(CCc1ccccc1)N[C@H]1C[C@@]23C=C[C@@]1(O)[C@@H]1Oc4c(O)ccc5c4[C@@]12CCN(CC1CC1)[C@H]3C5. The molecule has 5 aliphatic carbocycles. The Morgan fingerprint density at radius 3 is 2.78 bits per heavy atom. The van der Waals surface area contributed by atoms with E-state index in [4.69, 9.17) is 4.74 Å². The van der Waals surface area contributed by atoms with Gasteiger partial charge >= 0.3 is 0 Å². The first-order valence-corrected chi connectivity index (χ1v) is 14.0. The standard InChI is InChI=1S/C31H34N2O4/c34-22-10-9-21-16-24-29-12-13-31(36,23(17-29)32-25(35)11-8-19-4-2-1-3-5-19)28-30(29,26(21)27(22)37-28)14-15-33(24)18-20-6-7-20/h1-5,9-10,12-13,20,23-24,28,34,36H,6-8,11,14-18H2,(H,32,35)/t23-,24-,28+,29+,30-,31-/m0/s1. The Kier molecular flexibility index (Phi) is 4.43. The van der Waals surface area contributed by atoms with Gasteiger partial charge in [0.2, 0.25) is 5.91 Å². The van der Waals surface area contributed by atoms with Crippen LogP contribution < -0.4 is 10.1 Å². The van der Waals surface area contributed by atoms with E-state index in [0.29, 0.717) is 31.1 Å². The number of phenols is 1. The zero-order valence-electron chi connectivity index (χ0n) is 21.0. The van der Waals surface area contributed by atoms with Gasteiger partial charge in [0.15, 0.2) is 11.5 Å². The minimum absolute atomic E-state index is 0.0384. The van der Waals surface area contributed by atoms with Gasteiger partial charge in [-0.2, -0.15) is 0 Å². The zero-order valence-corrected chi connectivity index (χ0v) is 21.0. The summed E-state index contributed by atoms with van der Waals surface area (Å²) in [5.74, 6) is 1.46. The van der Waals surface area contributed by atoms with Gasteiger partial charge in [-0.05, 0) is 68.2 Å². The number of ether oxygens (including phenoxy) is 1. The van der Waals surface area contributed by atoms with Crippen molar-refractivity contribution in [3.63, 3.8) is 0 Å². The molecule has 1 amide bonds. The normalized spacial score (nSPS) is 38.2. The van der Waals surface area contributed by atoms with E-state index in [1.165, 1.54) is 18.4 Å². The Bertz CT molecular complexity index is 1320. The minimum atomic E-state index is -1.33. The van der Waals surface area contributed by atoms with Crippen LogP contribution in [0.2, 0.25) is 0 Å². The van der Waals surface area contributed by atoms with Crippen molar-refractivity contribution in [2.75, 3.05) is 13.1 Å². The molecule has 7 aliphatic rings. The summed E-state index contributed by atoms with van der Waals surface area (Å²) in [6.45, 7) is 2.11. The van der Waals surface area contributed by atoms with Crippen LogP contribution in [0.25, 0.3) is 0 Å². The molecule has 6 nitrogen and oxygen atoms in total. The summed E-state index contributed by atoms with van der Waals surface area (Å²) < 4.78 is 6.59. The molecule has 192 valence electrons. The molecule has 0 unspecified atom stereocenters. The summed E-state index contributed by atoms with van der Waals surface area (Å²) in [7, 11) is 0. The van der Waals surface area contributed by atoms with Crippen molar-refractivity contribution in [3.8, 4) is 11.5 Å². The minimum Gasteiger partial charge on any atom is -0.504 e. The highest BCUT2D eigenvalue weighted by Crippen LogP contribution is 2.73. The van der Waals surface area contributed by atoms with Crippen LogP contribution in [-0.2, 0) is 23.1 Å². The third kappa shape index (κ3) is 2.81. The lowest BCUT2D eigenvalue weighted by Crippen LogP contribution is -2.81. The van der Waals surface area contributed by atoms with Crippen LogP contribution in [0.4, 0.5) is 0 Å². The van der Waals surface area contributed by atoms with Crippen molar-refractivity contribution in [1.82, 2.24) is 10.2 Å². The number of aryl methyl sites for hydroxylation is 1. The lowest BCUT2D eigenvalue weighted by molar-refractivity contribution is -0.193. The number of hydrogen-bond donors (Lipinski definition) is 3. The van der Waals surface area contributed by atoms with Crippen molar-refractivity contribution in [3.05, 3.63) is 71.3 Å². The van der Waals surface area contributed by atoms with Gasteiger partial charge in [-0.3, -0.25) is 9.69 Å². The molecule has 9 rings (SSSR count). The number of nitrogens with zero attached hydrogens (tertiary/aromatic N) is 1. The zero-order chi connectivity index (χ0) is 25.0. The van der Waals surface area contributed by atoms with Crippen LogP contribution in [-0.4, -0.2) is 57.9 Å². The molecule has 0 aromatic heterocycles. The smallest absolute Gasteiger partial charge is 0.220 e. The third-order valence-corrected chi connectivity index (χ3v) is 10.6. The van der Waals surface area contributed by atoms with E-state index >= 15 is 0 Å². The van der Waals surface area contributed by atoms with Crippen LogP contribution in [0.1, 0.15) is 48.8 Å². The number of nitrogens with one attached hydrogen (secondary N) is 1. The van der Waals surface area contributed by atoms with Crippen molar-refractivity contribution in [2.24, 2.45) is 11.3 Å². The van der Waals surface area contributed by atoms with E-state index in [1.54, 1.807) is 6.07 Å². The molecular weight excluding hydrogens is 464 g/mol. The Hall–Kier alpha value is -2.83. The quantitative estimate of drug-likeness (QED) is 0.533. The van der Waals surface area contributed by atoms with Gasteiger partial charge in [-0.15, -0.1) is 0 Å². The van der Waals surface area contributed by atoms with Gasteiger partial charge in [0.1, 0.15) is 11.7 Å². The number of likely N-dealkylation sites (tertiary alicyclic amines) is 1. The highest BCUT2D eigenvalue weighted by atomic mass is 16.5. The van der Waals surface area contributed by atoms with Gasteiger partial charge in [0, 0.05) is 30.0 Å². The topological polar surface area (TPSA) is 82.0 Å². The molecule has 2 aliphatic heterocycles. The van der Waals surface area contributed by atoms with Crippen molar-refractivity contribution in [2.45, 2.75) is 74.1 Å². The van der Waals surface area contributed by atoms with E-state index in [0.717, 1.165) is 43.0 Å². The van der Waals surface area contributed by atoms with Crippen LogP contribution >= 0.6 is 0 Å². The third-order valence-electron chi connectivity index (χ3n) is 10.6. The Morgan fingerprint density at radius 1 is 1.14 bits per heavy atom. The van der Waals surface area contributed by atoms with Crippen LogP contribution in [0.5, 0.6) is 11.5 Å². The molecule has 6 heteroatoms. The van der Waals surface area contributed by atoms with E-state index < -0.39 is 17.7 Å². The fourth-order valence-electron chi connectivity index (χ4n) is 8.82. The van der Waals surface area contributed by atoms with Gasteiger partial charge in [0.05, 0.1) is 11.5 Å². The first-order valence-electron chi connectivity index (χ1n) is 14.0. The predicted molar refractivity (Wildman–Crippen MR) is 138 cm³/mol. The number of piperidine rings is 1. The molecule has 37 heavy (non-hydrogen) atoms. The van der Waals surface area contributed by atoms with E-state index in [9.17, 15) is 15.0 Å². The molecule has 3 fully saturated rings. The van der Waals surface area contributed by atoms with Crippen LogP contribution in [0.15, 0.2) is 54.6 Å². The molecule has 4 bridgehead atoms. The number of hydrogen-bond acceptors (Lipinski definition) is 5. The fourth-order valence-corrected chi connectivity index (χ4v) is 8.82. The molecule has 3 N–H and O–H groups in total. The average molecular weight is 499 g/mol. The maximum Gasteiger partial charge on any atom is 0.220 e. The van der Waals surface area contributed by atoms with Gasteiger partial charge in [0.25, 0.3) is 0 Å². The first-order chi connectivity index (χ1) is 17.9. The van der Waals surface area contributed by atoms with Crippen LogP contribution in [0.3, 0.4) is 0 Å². The number of phenolic OH excluding ortho intramolecular Hbond substituents is 1. The molecule has 2 aromatic carbocycles. The molecule has 1 saturated heterocycles. The Labute approximate surface area is 217 Å². The second-order valence-electron chi connectivity index (χ2n) is 12.4. The monoisotopic (exact) mass is 498 g/mol. The molecule has 2 aromatic rings. The maximum absolute atomic E-state index is 13.2. The van der Waals surface area contributed by atoms with Gasteiger partial charge < -0.3 is 20.3 Å². The predicted octanol–water partition coefficient (Wildman–Crippen LogP) is 3.24. The summed E-state index contributed by atoms with van der Waals surface area (Å²) >= 11 is 0. The molecule has 2 spiro atoms. The highest BCUT2D eigenvalue weighted by Gasteiger charge is 2.79. The lowest BCUT2D eigenvalue weighted by Gasteiger charge is -2.70. The maximum atomic E-state index is 13.2. The van der Waals surface area contributed by atoms with Crippen molar-refractivity contribution in [1.29, 1.82) is 0 Å². The molecule has 6 atom stereocenters. The summed E-state index contributed by atoms with van der Waals surface area (Å²) in [6.07, 6.45) is 9.87. The van der Waals surface area contributed by atoms with E-state index in [2.05, 4.69) is 22.4 Å². The summed E-state index contributed by atoms with van der Waals surface area (Å²) in [4.78, 5) is 15.9. The lowest BCUT2D eigenvalue weighted by atomic mass is 9.38. The molecular formula is C31H34N2O4. The summed E-state index contributed by atoms with van der Waals surface area (Å²) in [5, 5.41) is 26.4. The first kappa shape index (κ1) is 22.2. The summed E-state index contributed by atoms with van der Waals surface area (Å²) in [5.41, 5.74) is 1.55. The number of carbonyl (C=O) groups is 1. The number of benzene rings is 2. The number of carbonyl (C=O) groups excluding carboxylic acids is 1. The van der Waals surface area contributed by atoms with Gasteiger partial charge in [-0.1, -0.05) is 48.6 Å². The average Bonchev–Trinajstić information content (AvgIpc) is 3.64.